The van der Waals surface area contributed by atoms with E-state index in [1.807, 2.05) is 0 Å². The fourth-order valence-corrected chi connectivity index (χ4v) is 0.669. The molecule has 1 rings (SSSR count). The molecule has 52 valence electrons. The van der Waals surface area contributed by atoms with Crippen LogP contribution in [0.2, 0.25) is 0 Å². The molecule has 10 heavy (non-hydrogen) atoms. The highest BCUT2D eigenvalue weighted by Crippen LogP contribution is 1.96. The summed E-state index contributed by atoms with van der Waals surface area (Å²) in [5.74, 6) is -0.212. The minimum atomic E-state index is -0.212. The molecular formula is C8H9NO. The van der Waals surface area contributed by atoms with Gasteiger partial charge in [0.25, 0.3) is 5.91 Å². The van der Waals surface area contributed by atoms with Crippen LogP contribution in [-0.4, -0.2) is 13.0 Å². The van der Waals surface area contributed by atoms with Gasteiger partial charge in [0.2, 0.25) is 0 Å². The summed E-state index contributed by atoms with van der Waals surface area (Å²) < 4.78 is 7.34. The van der Waals surface area contributed by atoms with Crippen molar-refractivity contribution in [1.29, 1.82) is 0 Å². The fraction of sp³-hybridized carbons (Fsp3) is 0.125. The van der Waals surface area contributed by atoms with Crippen LogP contribution >= 0.6 is 0 Å². The van der Waals surface area contributed by atoms with Crippen molar-refractivity contribution in [1.82, 2.24) is 5.32 Å². The Labute approximate surface area is 61.3 Å². The van der Waals surface area contributed by atoms with E-state index in [4.69, 9.17) is 1.37 Å². The number of nitrogens with one attached hydrogen (secondary N) is 1. The predicted molar refractivity (Wildman–Crippen MR) is 39.8 cm³/mol. The van der Waals surface area contributed by atoms with Crippen molar-refractivity contribution in [2.24, 2.45) is 0 Å². The summed E-state index contributed by atoms with van der Waals surface area (Å²) in [6, 6.07) is 6.94. The molecule has 0 spiro atoms. The molecule has 0 atom stereocenters. The van der Waals surface area contributed by atoms with Crippen LogP contribution in [0, 0.1) is 0 Å². The number of hydrogen-bond donors (Lipinski definition) is 1. The second-order valence-corrected chi connectivity index (χ2v) is 1.86. The Hall–Kier alpha value is -1.31. The smallest absolute Gasteiger partial charge is 0.251 e. The number of benzene rings is 1. The quantitative estimate of drug-likeness (QED) is 0.614. The van der Waals surface area contributed by atoms with Crippen molar-refractivity contribution < 1.29 is 6.17 Å². The molecule has 0 radical (unpaired) electrons. The third-order valence-electron chi connectivity index (χ3n) is 1.18. The molecule has 0 unspecified atom stereocenters. The van der Waals surface area contributed by atoms with Crippen LogP contribution in [0.1, 0.15) is 11.7 Å². The Morgan fingerprint density at radius 1 is 1.60 bits per heavy atom. The molecule has 0 aliphatic carbocycles. The maximum absolute atomic E-state index is 11.0. The van der Waals surface area contributed by atoms with Gasteiger partial charge in [-0.1, -0.05) is 18.2 Å². The Balaban J connectivity index is 3.03. The first-order valence-corrected chi connectivity index (χ1v) is 3.03. The molecule has 0 aliphatic rings. The van der Waals surface area contributed by atoms with Crippen LogP contribution in [0.5, 0.6) is 0 Å². The van der Waals surface area contributed by atoms with E-state index < -0.39 is 0 Å². The van der Waals surface area contributed by atoms with Crippen LogP contribution in [0.25, 0.3) is 0 Å². The van der Waals surface area contributed by atoms with E-state index in [1.165, 1.54) is 0 Å². The Morgan fingerprint density at radius 3 is 3.00 bits per heavy atom. The number of carbonyl (C=O) groups excluding carboxylic acids is 1. The van der Waals surface area contributed by atoms with Gasteiger partial charge >= 0.3 is 0 Å². The van der Waals surface area contributed by atoms with Crippen LogP contribution < -0.4 is 5.32 Å². The number of carbonyl (C=O) groups is 1. The third-order valence-corrected chi connectivity index (χ3v) is 1.18. The summed E-state index contributed by atoms with van der Waals surface area (Å²) in [5, 5.41) is 2.46. The highest BCUT2D eigenvalue weighted by atomic mass is 16.1. The second-order valence-electron chi connectivity index (χ2n) is 1.86. The van der Waals surface area contributed by atoms with Gasteiger partial charge in [-0.25, -0.2) is 0 Å². The van der Waals surface area contributed by atoms with Gasteiger partial charge in [0.15, 0.2) is 0 Å². The molecule has 0 bridgehead atoms. The van der Waals surface area contributed by atoms with Gasteiger partial charge < -0.3 is 5.32 Å². The Bertz CT molecular complexity index is 273. The standard InChI is InChI=1S/C8H9NO/c1-9-8(10)7-5-3-2-4-6-7/h2-6H,1H3,(H,9,10)/i5D. The van der Waals surface area contributed by atoms with E-state index >= 15 is 0 Å². The van der Waals surface area contributed by atoms with E-state index in [1.54, 1.807) is 31.3 Å². The zero-order valence-electron chi connectivity index (χ0n) is 6.72. The van der Waals surface area contributed by atoms with Crippen molar-refractivity contribution in [3.05, 3.63) is 35.9 Å². The van der Waals surface area contributed by atoms with Gasteiger partial charge in [-0.05, 0) is 12.1 Å². The molecular weight excluding hydrogens is 126 g/mol. The lowest BCUT2D eigenvalue weighted by Gasteiger charge is -1.96. The lowest BCUT2D eigenvalue weighted by atomic mass is 10.2. The molecule has 0 saturated carbocycles. The van der Waals surface area contributed by atoms with E-state index in [2.05, 4.69) is 5.32 Å². The van der Waals surface area contributed by atoms with Gasteiger partial charge in [0.1, 0.15) is 0 Å². The predicted octanol–water partition coefficient (Wildman–Crippen LogP) is 1.05. The maximum atomic E-state index is 11.0. The lowest BCUT2D eigenvalue weighted by Crippen LogP contribution is -2.17. The molecule has 0 fully saturated rings. The Morgan fingerprint density at radius 2 is 2.40 bits per heavy atom. The third kappa shape index (κ3) is 1.35. The summed E-state index contributed by atoms with van der Waals surface area (Å²) in [6.45, 7) is 0. The highest BCUT2D eigenvalue weighted by Gasteiger charge is 1.97. The van der Waals surface area contributed by atoms with Crippen molar-refractivity contribution in [2.75, 3.05) is 7.05 Å². The topological polar surface area (TPSA) is 29.1 Å². The largest absolute Gasteiger partial charge is 0.355 e. The Kier molecular flexibility index (Phi) is 1.65. The van der Waals surface area contributed by atoms with Crippen molar-refractivity contribution >= 4 is 5.91 Å². The molecule has 0 heterocycles. The monoisotopic (exact) mass is 136 g/mol. The summed E-state index contributed by atoms with van der Waals surface area (Å²) in [5.41, 5.74) is 0.412. The summed E-state index contributed by atoms with van der Waals surface area (Å²) in [7, 11) is 1.55. The number of amides is 1. The molecule has 1 aromatic carbocycles. The van der Waals surface area contributed by atoms with Crippen molar-refractivity contribution in [3.8, 4) is 0 Å². The van der Waals surface area contributed by atoms with Crippen LogP contribution in [-0.2, 0) is 0 Å². The van der Waals surface area contributed by atoms with Crippen LogP contribution in [0.15, 0.2) is 30.3 Å². The summed E-state index contributed by atoms with van der Waals surface area (Å²) in [4.78, 5) is 11.0. The first-order valence-electron chi connectivity index (χ1n) is 3.53. The molecule has 0 aromatic heterocycles. The number of hydrogen-bond acceptors (Lipinski definition) is 1. The first kappa shape index (κ1) is 5.47. The van der Waals surface area contributed by atoms with Gasteiger partial charge in [0, 0.05) is 12.6 Å². The lowest BCUT2D eigenvalue weighted by molar-refractivity contribution is 0.0963. The number of rotatable bonds is 1. The summed E-state index contributed by atoms with van der Waals surface area (Å²) in [6.07, 6.45) is 0. The van der Waals surface area contributed by atoms with Crippen LogP contribution in [0.4, 0.5) is 0 Å². The van der Waals surface area contributed by atoms with E-state index in [0.717, 1.165) is 0 Å². The molecule has 1 amide bonds. The minimum Gasteiger partial charge on any atom is -0.355 e. The molecule has 0 aliphatic heterocycles. The van der Waals surface area contributed by atoms with E-state index in [9.17, 15) is 4.79 Å². The normalized spacial score (nSPS) is 10.3. The highest BCUT2D eigenvalue weighted by molar-refractivity contribution is 5.93. The van der Waals surface area contributed by atoms with Crippen LogP contribution in [0.3, 0.4) is 0 Å². The zero-order chi connectivity index (χ0) is 8.27. The molecule has 0 saturated heterocycles. The van der Waals surface area contributed by atoms with Gasteiger partial charge in [-0.3, -0.25) is 4.79 Å². The first-order chi connectivity index (χ1) is 5.25. The maximum Gasteiger partial charge on any atom is 0.251 e. The zero-order valence-corrected chi connectivity index (χ0v) is 5.72. The van der Waals surface area contributed by atoms with E-state index in [-0.39, 0.29) is 11.9 Å². The van der Waals surface area contributed by atoms with Gasteiger partial charge in [0.05, 0.1) is 1.37 Å². The second kappa shape index (κ2) is 3.01. The average Bonchev–Trinajstić information content (AvgIpc) is 2.04. The van der Waals surface area contributed by atoms with Crippen molar-refractivity contribution in [2.45, 2.75) is 0 Å². The fourth-order valence-electron chi connectivity index (χ4n) is 0.669. The van der Waals surface area contributed by atoms with Gasteiger partial charge in [-0.15, -0.1) is 0 Å². The molecule has 2 nitrogen and oxygen atoms in total. The average molecular weight is 136 g/mol. The minimum absolute atomic E-state index is 0.212. The molecule has 2 heteroatoms. The van der Waals surface area contributed by atoms with Crippen molar-refractivity contribution in [3.63, 3.8) is 0 Å². The molecule has 1 N–H and O–H groups in total. The van der Waals surface area contributed by atoms with E-state index in [0.29, 0.717) is 5.56 Å². The molecule has 1 aromatic rings. The summed E-state index contributed by atoms with van der Waals surface area (Å²) >= 11 is 0. The SMILES string of the molecule is [2H]c1ccccc1C(=O)NC. The van der Waals surface area contributed by atoms with Gasteiger partial charge in [-0.2, -0.15) is 0 Å².